The van der Waals surface area contributed by atoms with Crippen molar-refractivity contribution in [3.8, 4) is 0 Å². The summed E-state index contributed by atoms with van der Waals surface area (Å²) < 4.78 is 26.2. The summed E-state index contributed by atoms with van der Waals surface area (Å²) in [5.41, 5.74) is 3.82. The number of halogens is 2. The molecule has 2 aromatic rings. The quantitative estimate of drug-likeness (QED) is 0.857. The van der Waals surface area contributed by atoms with Gasteiger partial charge in [0.25, 0.3) is 0 Å². The minimum atomic E-state index is -0.569. The van der Waals surface area contributed by atoms with Crippen molar-refractivity contribution in [2.24, 2.45) is 0 Å². The summed E-state index contributed by atoms with van der Waals surface area (Å²) >= 11 is 0. The van der Waals surface area contributed by atoms with Gasteiger partial charge in [-0.2, -0.15) is 0 Å². The van der Waals surface area contributed by atoms with Gasteiger partial charge in [-0.3, -0.25) is 0 Å². The third kappa shape index (κ3) is 2.67. The number of aryl methyl sites for hydroxylation is 1. The smallest absolute Gasteiger partial charge is 0.149 e. The molecule has 0 aliphatic rings. The molecule has 94 valence electrons. The SMILES string of the molecule is Cc1cccc(CNc2ccc(F)cc2F)c1C. The Morgan fingerprint density at radius 1 is 1.06 bits per heavy atom. The molecule has 0 heterocycles. The number of hydrogen-bond acceptors (Lipinski definition) is 1. The second-order valence-electron chi connectivity index (χ2n) is 4.34. The molecule has 0 saturated heterocycles. The molecule has 2 rings (SSSR count). The zero-order valence-electron chi connectivity index (χ0n) is 10.4. The fourth-order valence-electron chi connectivity index (χ4n) is 1.83. The minimum absolute atomic E-state index is 0.317. The highest BCUT2D eigenvalue weighted by molar-refractivity contribution is 5.46. The van der Waals surface area contributed by atoms with Crippen LogP contribution in [0.5, 0.6) is 0 Å². The van der Waals surface area contributed by atoms with Crippen LogP contribution in [0.2, 0.25) is 0 Å². The van der Waals surface area contributed by atoms with Crippen LogP contribution >= 0.6 is 0 Å². The molecule has 3 heteroatoms. The van der Waals surface area contributed by atoms with Crippen molar-refractivity contribution in [2.45, 2.75) is 20.4 Å². The first-order valence-corrected chi connectivity index (χ1v) is 5.82. The van der Waals surface area contributed by atoms with Gasteiger partial charge in [-0.1, -0.05) is 18.2 Å². The van der Waals surface area contributed by atoms with E-state index in [1.165, 1.54) is 23.3 Å². The molecule has 0 aromatic heterocycles. The van der Waals surface area contributed by atoms with Gasteiger partial charge < -0.3 is 5.32 Å². The fraction of sp³-hybridized carbons (Fsp3) is 0.200. The Hall–Kier alpha value is -1.90. The van der Waals surface area contributed by atoms with Gasteiger partial charge >= 0.3 is 0 Å². The first-order chi connectivity index (χ1) is 8.58. The summed E-state index contributed by atoms with van der Waals surface area (Å²) in [5.74, 6) is -1.13. The van der Waals surface area contributed by atoms with Crippen LogP contribution in [0, 0.1) is 25.5 Å². The first-order valence-electron chi connectivity index (χ1n) is 5.82. The van der Waals surface area contributed by atoms with Gasteiger partial charge in [-0.05, 0) is 42.7 Å². The van der Waals surface area contributed by atoms with E-state index in [4.69, 9.17) is 0 Å². The van der Waals surface area contributed by atoms with Crippen LogP contribution in [-0.4, -0.2) is 0 Å². The molecule has 1 N–H and O–H groups in total. The zero-order chi connectivity index (χ0) is 13.1. The van der Waals surface area contributed by atoms with Crippen molar-refractivity contribution < 1.29 is 8.78 Å². The standard InChI is InChI=1S/C15H15F2N/c1-10-4-3-5-12(11(10)2)9-18-15-7-6-13(16)8-14(15)17/h3-8,18H,9H2,1-2H3. The Kier molecular flexibility index (Phi) is 3.60. The molecule has 0 spiro atoms. The van der Waals surface area contributed by atoms with E-state index >= 15 is 0 Å². The van der Waals surface area contributed by atoms with E-state index in [1.807, 2.05) is 32.0 Å². The number of hydrogen-bond donors (Lipinski definition) is 1. The topological polar surface area (TPSA) is 12.0 Å². The molecule has 0 aliphatic heterocycles. The van der Waals surface area contributed by atoms with Crippen molar-refractivity contribution in [3.63, 3.8) is 0 Å². The fourth-order valence-corrected chi connectivity index (χ4v) is 1.83. The van der Waals surface area contributed by atoms with Crippen molar-refractivity contribution >= 4 is 5.69 Å². The molecule has 1 nitrogen and oxygen atoms in total. The maximum atomic E-state index is 13.4. The Bertz CT molecular complexity index is 564. The Morgan fingerprint density at radius 2 is 1.83 bits per heavy atom. The lowest BCUT2D eigenvalue weighted by Crippen LogP contribution is -2.04. The monoisotopic (exact) mass is 247 g/mol. The average Bonchev–Trinajstić information content (AvgIpc) is 2.33. The van der Waals surface area contributed by atoms with Gasteiger partial charge in [0.15, 0.2) is 0 Å². The van der Waals surface area contributed by atoms with Gasteiger partial charge in [0.2, 0.25) is 0 Å². The van der Waals surface area contributed by atoms with E-state index in [-0.39, 0.29) is 0 Å². The van der Waals surface area contributed by atoms with Gasteiger partial charge in [-0.25, -0.2) is 8.78 Å². The maximum absolute atomic E-state index is 13.4. The molecule has 18 heavy (non-hydrogen) atoms. The number of rotatable bonds is 3. The van der Waals surface area contributed by atoms with Gasteiger partial charge in [0.1, 0.15) is 11.6 Å². The molecule has 0 fully saturated rings. The van der Waals surface area contributed by atoms with Crippen molar-refractivity contribution in [1.29, 1.82) is 0 Å². The highest BCUT2D eigenvalue weighted by Gasteiger charge is 2.05. The van der Waals surface area contributed by atoms with E-state index in [2.05, 4.69) is 5.32 Å². The van der Waals surface area contributed by atoms with Gasteiger partial charge in [0.05, 0.1) is 5.69 Å². The lowest BCUT2D eigenvalue weighted by Gasteiger charge is -2.11. The van der Waals surface area contributed by atoms with Crippen LogP contribution in [0.15, 0.2) is 36.4 Å². The highest BCUT2D eigenvalue weighted by Crippen LogP contribution is 2.18. The molecular weight excluding hydrogens is 232 g/mol. The number of anilines is 1. The summed E-state index contributed by atoms with van der Waals surface area (Å²) in [6.07, 6.45) is 0. The van der Waals surface area contributed by atoms with Crippen LogP contribution in [0.4, 0.5) is 14.5 Å². The summed E-state index contributed by atoms with van der Waals surface area (Å²) in [7, 11) is 0. The van der Waals surface area contributed by atoms with E-state index in [9.17, 15) is 8.78 Å². The predicted molar refractivity (Wildman–Crippen MR) is 69.6 cm³/mol. The van der Waals surface area contributed by atoms with E-state index < -0.39 is 11.6 Å². The second-order valence-corrected chi connectivity index (χ2v) is 4.34. The third-order valence-electron chi connectivity index (χ3n) is 3.12. The highest BCUT2D eigenvalue weighted by atomic mass is 19.1. The van der Waals surface area contributed by atoms with Crippen LogP contribution in [0.1, 0.15) is 16.7 Å². The number of benzene rings is 2. The summed E-state index contributed by atoms with van der Waals surface area (Å²) in [5, 5.41) is 2.98. The molecule has 0 atom stereocenters. The summed E-state index contributed by atoms with van der Waals surface area (Å²) in [4.78, 5) is 0. The summed E-state index contributed by atoms with van der Waals surface area (Å²) in [6.45, 7) is 4.60. The lowest BCUT2D eigenvalue weighted by molar-refractivity contribution is 0.585. The normalized spacial score (nSPS) is 10.4. The Balaban J connectivity index is 2.14. The average molecular weight is 247 g/mol. The molecule has 0 saturated carbocycles. The Labute approximate surface area is 105 Å². The predicted octanol–water partition coefficient (Wildman–Crippen LogP) is 4.19. The van der Waals surface area contributed by atoms with Crippen LogP contribution in [0.3, 0.4) is 0 Å². The lowest BCUT2D eigenvalue weighted by atomic mass is 10.0. The van der Waals surface area contributed by atoms with Gasteiger partial charge in [0, 0.05) is 12.6 Å². The second kappa shape index (κ2) is 5.17. The van der Waals surface area contributed by atoms with E-state index in [0.717, 1.165) is 11.6 Å². The minimum Gasteiger partial charge on any atom is -0.379 e. The molecule has 0 bridgehead atoms. The van der Waals surface area contributed by atoms with Crippen molar-refractivity contribution in [2.75, 3.05) is 5.32 Å². The van der Waals surface area contributed by atoms with Crippen LogP contribution in [-0.2, 0) is 6.54 Å². The maximum Gasteiger partial charge on any atom is 0.149 e. The molecule has 0 unspecified atom stereocenters. The molecular formula is C15H15F2N. The van der Waals surface area contributed by atoms with Crippen molar-refractivity contribution in [3.05, 3.63) is 64.7 Å². The molecule has 2 aromatic carbocycles. The molecule has 0 aliphatic carbocycles. The van der Waals surface area contributed by atoms with E-state index in [1.54, 1.807) is 0 Å². The van der Waals surface area contributed by atoms with Crippen LogP contribution in [0.25, 0.3) is 0 Å². The van der Waals surface area contributed by atoms with Crippen LogP contribution < -0.4 is 5.32 Å². The molecule has 0 radical (unpaired) electrons. The number of nitrogens with one attached hydrogen (secondary N) is 1. The summed E-state index contributed by atoms with van der Waals surface area (Å²) in [6, 6.07) is 9.55. The molecule has 0 amide bonds. The van der Waals surface area contributed by atoms with Crippen molar-refractivity contribution in [1.82, 2.24) is 0 Å². The van der Waals surface area contributed by atoms with E-state index in [0.29, 0.717) is 12.2 Å². The Morgan fingerprint density at radius 3 is 2.56 bits per heavy atom. The largest absolute Gasteiger partial charge is 0.379 e. The first kappa shape index (κ1) is 12.6. The van der Waals surface area contributed by atoms with Gasteiger partial charge in [-0.15, -0.1) is 0 Å². The zero-order valence-corrected chi connectivity index (χ0v) is 10.4. The third-order valence-corrected chi connectivity index (χ3v) is 3.12.